The standard InChI is InChI=1S/C42H26Se/c1-2-13-27(14-3-1)28-20-10-22-34(40(28)37-24-12-26-39-42(37)36-19-8-9-25-38(36)43-39)35-23-11-21-33-31-16-5-4-15-29(31)30-17-6-7-18-32(30)41(33)35/h1-26H. The predicted molar refractivity (Wildman–Crippen MR) is 187 cm³/mol. The van der Waals surface area contributed by atoms with Crippen molar-refractivity contribution >= 4 is 66.1 Å². The molecule has 1 aromatic heterocycles. The molecular formula is C42H26Se. The fourth-order valence-corrected chi connectivity index (χ4v) is 9.46. The van der Waals surface area contributed by atoms with Crippen LogP contribution in [-0.4, -0.2) is 14.5 Å². The van der Waals surface area contributed by atoms with Gasteiger partial charge in [-0.1, -0.05) is 0 Å². The molecule has 200 valence electrons. The quantitative estimate of drug-likeness (QED) is 0.138. The monoisotopic (exact) mass is 610 g/mol. The van der Waals surface area contributed by atoms with Crippen LogP contribution in [0.1, 0.15) is 0 Å². The van der Waals surface area contributed by atoms with Gasteiger partial charge in [0, 0.05) is 0 Å². The molecule has 0 saturated carbocycles. The van der Waals surface area contributed by atoms with Gasteiger partial charge < -0.3 is 0 Å². The van der Waals surface area contributed by atoms with E-state index in [0.29, 0.717) is 14.5 Å². The van der Waals surface area contributed by atoms with Crippen molar-refractivity contribution in [2.75, 3.05) is 0 Å². The molecule has 0 unspecified atom stereocenters. The van der Waals surface area contributed by atoms with E-state index in [-0.39, 0.29) is 0 Å². The number of benzene rings is 8. The van der Waals surface area contributed by atoms with Gasteiger partial charge in [0.1, 0.15) is 0 Å². The fraction of sp³-hybridized carbons (Fsp3) is 0. The summed E-state index contributed by atoms with van der Waals surface area (Å²) in [5.41, 5.74) is 7.69. The Hall–Kier alpha value is -4.94. The number of rotatable bonds is 3. The normalized spacial score (nSPS) is 11.7. The van der Waals surface area contributed by atoms with Crippen molar-refractivity contribution in [3.8, 4) is 33.4 Å². The van der Waals surface area contributed by atoms with Crippen LogP contribution in [0.4, 0.5) is 0 Å². The summed E-state index contributed by atoms with van der Waals surface area (Å²) in [6.45, 7) is 0. The van der Waals surface area contributed by atoms with Crippen LogP contribution in [0.15, 0.2) is 158 Å². The first-order chi connectivity index (χ1) is 21.4. The Morgan fingerprint density at radius 3 is 1.53 bits per heavy atom. The third-order valence-corrected chi connectivity index (χ3v) is 11.3. The number of hydrogen-bond donors (Lipinski definition) is 0. The maximum atomic E-state index is 2.35. The minimum absolute atomic E-state index is 0.304. The molecule has 0 aliphatic rings. The summed E-state index contributed by atoms with van der Waals surface area (Å²) >= 11 is 0.304. The van der Waals surface area contributed by atoms with Crippen molar-refractivity contribution in [2.24, 2.45) is 0 Å². The minimum atomic E-state index is 0.304. The Morgan fingerprint density at radius 2 is 0.767 bits per heavy atom. The zero-order chi connectivity index (χ0) is 28.3. The Morgan fingerprint density at radius 1 is 0.279 bits per heavy atom. The van der Waals surface area contributed by atoms with Crippen molar-refractivity contribution in [1.82, 2.24) is 0 Å². The Labute approximate surface area is 256 Å². The molecule has 0 aliphatic heterocycles. The summed E-state index contributed by atoms with van der Waals surface area (Å²) in [5, 5.41) is 10.6. The van der Waals surface area contributed by atoms with Gasteiger partial charge >= 0.3 is 257 Å². The molecular weight excluding hydrogens is 583 g/mol. The van der Waals surface area contributed by atoms with Crippen LogP contribution in [0.5, 0.6) is 0 Å². The van der Waals surface area contributed by atoms with Crippen LogP contribution in [0.25, 0.3) is 85.0 Å². The van der Waals surface area contributed by atoms with Gasteiger partial charge in [0.05, 0.1) is 0 Å². The van der Waals surface area contributed by atoms with Gasteiger partial charge in [0.2, 0.25) is 0 Å². The fourth-order valence-electron chi connectivity index (χ4n) is 7.09. The van der Waals surface area contributed by atoms with Gasteiger partial charge in [-0.25, -0.2) is 0 Å². The zero-order valence-corrected chi connectivity index (χ0v) is 25.1. The van der Waals surface area contributed by atoms with E-state index in [1.165, 1.54) is 85.0 Å². The first kappa shape index (κ1) is 24.6. The third-order valence-electron chi connectivity index (χ3n) is 8.88. The Kier molecular flexibility index (Phi) is 5.63. The van der Waals surface area contributed by atoms with E-state index in [2.05, 4.69) is 158 Å². The molecule has 0 aliphatic carbocycles. The van der Waals surface area contributed by atoms with E-state index in [4.69, 9.17) is 0 Å². The molecule has 0 fully saturated rings. The zero-order valence-electron chi connectivity index (χ0n) is 23.4. The molecule has 0 atom stereocenters. The first-order valence-electron chi connectivity index (χ1n) is 14.8. The second-order valence-electron chi connectivity index (χ2n) is 11.2. The molecule has 9 aromatic rings. The van der Waals surface area contributed by atoms with Gasteiger partial charge in [0.15, 0.2) is 0 Å². The van der Waals surface area contributed by atoms with E-state index in [9.17, 15) is 0 Å². The van der Waals surface area contributed by atoms with E-state index in [1.54, 1.807) is 0 Å². The van der Waals surface area contributed by atoms with E-state index in [0.717, 1.165) is 0 Å². The second kappa shape index (κ2) is 9.82. The van der Waals surface area contributed by atoms with E-state index < -0.39 is 0 Å². The molecule has 0 amide bonds. The van der Waals surface area contributed by atoms with Crippen molar-refractivity contribution in [1.29, 1.82) is 0 Å². The van der Waals surface area contributed by atoms with Gasteiger partial charge in [-0.15, -0.1) is 0 Å². The third kappa shape index (κ3) is 3.76. The van der Waals surface area contributed by atoms with Crippen LogP contribution in [-0.2, 0) is 0 Å². The number of hydrogen-bond acceptors (Lipinski definition) is 0. The number of fused-ring (bicyclic) bond motifs is 9. The summed E-state index contributed by atoms with van der Waals surface area (Å²) < 4.78 is 2.94. The van der Waals surface area contributed by atoms with Gasteiger partial charge in [-0.05, 0) is 0 Å². The van der Waals surface area contributed by atoms with E-state index >= 15 is 0 Å². The summed E-state index contributed by atoms with van der Waals surface area (Å²) in [5.74, 6) is 0. The average molecular weight is 610 g/mol. The van der Waals surface area contributed by atoms with Crippen LogP contribution in [0.3, 0.4) is 0 Å². The second-order valence-corrected chi connectivity index (χ2v) is 13.5. The summed E-state index contributed by atoms with van der Waals surface area (Å²) in [6.07, 6.45) is 0. The topological polar surface area (TPSA) is 0 Å². The first-order valence-corrected chi connectivity index (χ1v) is 16.5. The molecule has 0 radical (unpaired) electrons. The van der Waals surface area contributed by atoms with Crippen molar-refractivity contribution in [3.63, 3.8) is 0 Å². The van der Waals surface area contributed by atoms with Crippen molar-refractivity contribution < 1.29 is 0 Å². The van der Waals surface area contributed by atoms with Gasteiger partial charge in [0.25, 0.3) is 0 Å². The van der Waals surface area contributed by atoms with Crippen molar-refractivity contribution in [3.05, 3.63) is 158 Å². The summed E-state index contributed by atoms with van der Waals surface area (Å²) in [7, 11) is 0. The summed E-state index contributed by atoms with van der Waals surface area (Å²) in [4.78, 5) is 0. The van der Waals surface area contributed by atoms with Crippen LogP contribution >= 0.6 is 0 Å². The van der Waals surface area contributed by atoms with Crippen LogP contribution in [0, 0.1) is 0 Å². The van der Waals surface area contributed by atoms with Gasteiger partial charge in [-0.2, -0.15) is 0 Å². The Bertz CT molecular complexity index is 2450. The molecule has 1 heteroatoms. The molecule has 0 saturated heterocycles. The molecule has 0 N–H and O–H groups in total. The molecule has 8 aromatic carbocycles. The maximum absolute atomic E-state index is 2.35. The molecule has 9 rings (SSSR count). The summed E-state index contributed by atoms with van der Waals surface area (Å²) in [6, 6.07) is 58.4. The molecule has 1 heterocycles. The molecule has 0 spiro atoms. The van der Waals surface area contributed by atoms with Crippen molar-refractivity contribution in [2.45, 2.75) is 0 Å². The Balaban J connectivity index is 1.48. The SMILES string of the molecule is c1ccc(-c2cccc(-c3cccc4c5ccccc5c5ccccc5c34)c2-c2cccc3[se]c4ccccc4c23)cc1. The average Bonchev–Trinajstić information content (AvgIpc) is 3.47. The van der Waals surface area contributed by atoms with Crippen LogP contribution < -0.4 is 0 Å². The van der Waals surface area contributed by atoms with E-state index in [1.807, 2.05) is 0 Å². The molecule has 43 heavy (non-hydrogen) atoms. The predicted octanol–water partition coefficient (Wildman–Crippen LogP) is 11.5. The molecule has 0 nitrogen and oxygen atoms in total. The van der Waals surface area contributed by atoms with Gasteiger partial charge in [-0.3, -0.25) is 0 Å². The van der Waals surface area contributed by atoms with Crippen LogP contribution in [0.2, 0.25) is 0 Å². The molecule has 0 bridgehead atoms.